The maximum absolute atomic E-state index is 9.91. The van der Waals surface area contributed by atoms with Gasteiger partial charge in [0.15, 0.2) is 0 Å². The first-order chi connectivity index (χ1) is 9.13. The van der Waals surface area contributed by atoms with Gasteiger partial charge in [0.2, 0.25) is 0 Å². The molecular formula is C12H16N2O4S. The summed E-state index contributed by atoms with van der Waals surface area (Å²) in [4.78, 5) is 0. The first kappa shape index (κ1) is 14.3. The maximum atomic E-state index is 9.91. The van der Waals surface area contributed by atoms with E-state index in [0.717, 1.165) is 5.56 Å². The molecule has 0 amide bonds. The smallest absolute Gasteiger partial charge is 0.125 e. The van der Waals surface area contributed by atoms with Crippen LogP contribution in [-0.4, -0.2) is 55.8 Å². The molecule has 1 aliphatic heterocycles. The number of thioether (sulfide) groups is 1. The Morgan fingerprint density at radius 3 is 2.53 bits per heavy atom. The highest BCUT2D eigenvalue weighted by atomic mass is 32.2. The molecule has 6 nitrogen and oxygen atoms in total. The van der Waals surface area contributed by atoms with E-state index in [9.17, 15) is 15.3 Å². The Balaban J connectivity index is 1.97. The number of benzene rings is 1. The number of nitrogens with zero attached hydrogens (tertiary/aromatic N) is 1. The zero-order valence-corrected chi connectivity index (χ0v) is 10.9. The predicted octanol–water partition coefficient (Wildman–Crippen LogP) is -0.914. The Morgan fingerprint density at radius 1 is 1.21 bits per heavy atom. The van der Waals surface area contributed by atoms with Crippen LogP contribution in [0.5, 0.6) is 0 Å². The van der Waals surface area contributed by atoms with Gasteiger partial charge in [-0.3, -0.25) is 5.43 Å². The second-order valence-corrected chi connectivity index (χ2v) is 5.31. The number of aliphatic hydroxyl groups is 4. The highest BCUT2D eigenvalue weighted by molar-refractivity contribution is 8.15. The van der Waals surface area contributed by atoms with Gasteiger partial charge in [-0.05, 0) is 0 Å². The highest BCUT2D eigenvalue weighted by Crippen LogP contribution is 2.26. The van der Waals surface area contributed by atoms with Crippen molar-refractivity contribution in [1.82, 2.24) is 5.43 Å². The standard InChI is InChI=1S/C12H16N2O4S/c15-6-8(16)9(17)10(18)12-14-13-11(19-12)7-4-2-1-3-5-7/h1-5,8-10,12,14-18H,6H2/t8-,9+,10+,12-/m0/s1. The van der Waals surface area contributed by atoms with Crippen molar-refractivity contribution in [2.24, 2.45) is 5.10 Å². The number of hydrogen-bond acceptors (Lipinski definition) is 7. The van der Waals surface area contributed by atoms with Gasteiger partial charge in [0.05, 0.1) is 6.61 Å². The maximum Gasteiger partial charge on any atom is 0.125 e. The highest BCUT2D eigenvalue weighted by Gasteiger charge is 2.35. The summed E-state index contributed by atoms with van der Waals surface area (Å²) >= 11 is 1.26. The second kappa shape index (κ2) is 6.36. The van der Waals surface area contributed by atoms with E-state index in [1.54, 1.807) is 0 Å². The van der Waals surface area contributed by atoms with E-state index >= 15 is 0 Å². The van der Waals surface area contributed by atoms with Crippen LogP contribution >= 0.6 is 11.8 Å². The Labute approximate surface area is 114 Å². The molecule has 104 valence electrons. The fourth-order valence-corrected chi connectivity index (χ4v) is 2.69. The SMILES string of the molecule is OC[C@H](O)[C@@H](O)[C@@H](O)[C@H]1NN=C(c2ccccc2)S1. The molecule has 0 unspecified atom stereocenters. The van der Waals surface area contributed by atoms with Crippen molar-refractivity contribution >= 4 is 16.8 Å². The van der Waals surface area contributed by atoms with Crippen molar-refractivity contribution in [1.29, 1.82) is 0 Å². The van der Waals surface area contributed by atoms with Crippen molar-refractivity contribution in [3.8, 4) is 0 Å². The van der Waals surface area contributed by atoms with Crippen LogP contribution in [0.4, 0.5) is 0 Å². The number of aliphatic hydroxyl groups excluding tert-OH is 4. The van der Waals surface area contributed by atoms with Crippen molar-refractivity contribution in [3.63, 3.8) is 0 Å². The van der Waals surface area contributed by atoms with Gasteiger partial charge < -0.3 is 20.4 Å². The van der Waals surface area contributed by atoms with E-state index < -0.39 is 30.3 Å². The van der Waals surface area contributed by atoms with E-state index in [2.05, 4.69) is 10.5 Å². The Morgan fingerprint density at radius 2 is 1.89 bits per heavy atom. The molecule has 1 heterocycles. The first-order valence-electron chi connectivity index (χ1n) is 5.84. The molecule has 1 aliphatic rings. The summed E-state index contributed by atoms with van der Waals surface area (Å²) in [6, 6.07) is 9.44. The second-order valence-electron chi connectivity index (χ2n) is 4.18. The van der Waals surface area contributed by atoms with Crippen LogP contribution in [0.15, 0.2) is 35.4 Å². The molecule has 0 saturated carbocycles. The Bertz CT molecular complexity index is 443. The Hall–Kier alpha value is -1.12. The number of rotatable bonds is 5. The fraction of sp³-hybridized carbons (Fsp3) is 0.417. The van der Waals surface area contributed by atoms with E-state index in [1.165, 1.54) is 11.8 Å². The molecule has 0 aliphatic carbocycles. The van der Waals surface area contributed by atoms with E-state index in [-0.39, 0.29) is 0 Å². The zero-order valence-electron chi connectivity index (χ0n) is 10.0. The monoisotopic (exact) mass is 284 g/mol. The molecule has 7 heteroatoms. The summed E-state index contributed by atoms with van der Waals surface area (Å²) in [6.07, 6.45) is -4.05. The zero-order chi connectivity index (χ0) is 13.8. The summed E-state index contributed by atoms with van der Waals surface area (Å²) in [5, 5.41) is 41.8. The van der Waals surface area contributed by atoms with E-state index in [4.69, 9.17) is 5.11 Å². The van der Waals surface area contributed by atoms with Crippen molar-refractivity contribution in [2.75, 3.05) is 6.61 Å². The van der Waals surface area contributed by atoms with Gasteiger partial charge in [-0.1, -0.05) is 42.1 Å². The molecule has 0 spiro atoms. The predicted molar refractivity (Wildman–Crippen MR) is 72.6 cm³/mol. The molecule has 1 aromatic rings. The Kier molecular flexibility index (Phi) is 4.78. The quantitative estimate of drug-likeness (QED) is 0.479. The molecule has 19 heavy (non-hydrogen) atoms. The van der Waals surface area contributed by atoms with Crippen molar-refractivity contribution in [2.45, 2.75) is 23.7 Å². The van der Waals surface area contributed by atoms with Gasteiger partial charge in [-0.2, -0.15) is 5.10 Å². The van der Waals surface area contributed by atoms with Gasteiger partial charge in [0, 0.05) is 5.56 Å². The summed E-state index contributed by atoms with van der Waals surface area (Å²) in [7, 11) is 0. The molecule has 5 N–H and O–H groups in total. The lowest BCUT2D eigenvalue weighted by Crippen LogP contribution is -2.47. The lowest BCUT2D eigenvalue weighted by Gasteiger charge is -2.25. The summed E-state index contributed by atoms with van der Waals surface area (Å²) < 4.78 is 0. The van der Waals surface area contributed by atoms with Crippen molar-refractivity contribution < 1.29 is 20.4 Å². The lowest BCUT2D eigenvalue weighted by molar-refractivity contribution is -0.0779. The lowest BCUT2D eigenvalue weighted by atomic mass is 10.1. The van der Waals surface area contributed by atoms with Crippen LogP contribution < -0.4 is 5.43 Å². The van der Waals surface area contributed by atoms with Crippen LogP contribution in [0.2, 0.25) is 0 Å². The third-order valence-corrected chi connectivity index (χ3v) is 3.98. The van der Waals surface area contributed by atoms with Crippen LogP contribution in [0.25, 0.3) is 0 Å². The summed E-state index contributed by atoms with van der Waals surface area (Å²) in [6.45, 7) is -0.609. The minimum Gasteiger partial charge on any atom is -0.394 e. The topological polar surface area (TPSA) is 105 Å². The number of hydrazone groups is 1. The van der Waals surface area contributed by atoms with Crippen LogP contribution in [-0.2, 0) is 0 Å². The molecule has 0 saturated heterocycles. The van der Waals surface area contributed by atoms with Gasteiger partial charge in [-0.15, -0.1) is 0 Å². The largest absolute Gasteiger partial charge is 0.394 e. The van der Waals surface area contributed by atoms with Gasteiger partial charge >= 0.3 is 0 Å². The summed E-state index contributed by atoms with van der Waals surface area (Å²) in [5.41, 5.74) is 3.62. The summed E-state index contributed by atoms with van der Waals surface area (Å²) in [5.74, 6) is 0. The third kappa shape index (κ3) is 3.26. The molecule has 4 atom stereocenters. The molecule has 0 bridgehead atoms. The number of nitrogens with one attached hydrogen (secondary N) is 1. The van der Waals surface area contributed by atoms with E-state index in [0.29, 0.717) is 5.04 Å². The van der Waals surface area contributed by atoms with Gasteiger partial charge in [-0.25, -0.2) is 0 Å². The molecule has 1 aromatic carbocycles. The van der Waals surface area contributed by atoms with Gasteiger partial charge in [0.25, 0.3) is 0 Å². The molecular weight excluding hydrogens is 268 g/mol. The minimum absolute atomic E-state index is 0.564. The average Bonchev–Trinajstić information content (AvgIpc) is 2.95. The van der Waals surface area contributed by atoms with Crippen LogP contribution in [0.1, 0.15) is 5.56 Å². The first-order valence-corrected chi connectivity index (χ1v) is 6.72. The van der Waals surface area contributed by atoms with E-state index in [1.807, 2.05) is 30.3 Å². The molecule has 2 rings (SSSR count). The molecule has 0 radical (unpaired) electrons. The number of hydrogen-bond donors (Lipinski definition) is 5. The fourth-order valence-electron chi connectivity index (χ4n) is 1.67. The third-order valence-electron chi connectivity index (χ3n) is 2.79. The minimum atomic E-state index is -1.43. The van der Waals surface area contributed by atoms with Crippen LogP contribution in [0.3, 0.4) is 0 Å². The normalized spacial score (nSPS) is 23.4. The van der Waals surface area contributed by atoms with Gasteiger partial charge in [0.1, 0.15) is 28.7 Å². The molecule has 0 fully saturated rings. The molecule has 0 aromatic heterocycles. The van der Waals surface area contributed by atoms with Crippen LogP contribution in [0, 0.1) is 0 Å². The van der Waals surface area contributed by atoms with Crippen molar-refractivity contribution in [3.05, 3.63) is 35.9 Å². The average molecular weight is 284 g/mol.